The van der Waals surface area contributed by atoms with Gasteiger partial charge < -0.3 is 15.1 Å². The second kappa shape index (κ2) is 5.83. The molecule has 110 valence electrons. The Morgan fingerprint density at radius 3 is 2.50 bits per heavy atom. The first kappa shape index (κ1) is 14.9. The molecule has 1 aliphatic rings. The van der Waals surface area contributed by atoms with E-state index in [2.05, 4.69) is 12.2 Å². The molecule has 0 atom stereocenters. The molecule has 1 amide bonds. The van der Waals surface area contributed by atoms with E-state index in [1.54, 1.807) is 0 Å². The van der Waals surface area contributed by atoms with E-state index in [1.807, 2.05) is 55.2 Å². The van der Waals surface area contributed by atoms with Crippen molar-refractivity contribution in [3.8, 4) is 0 Å². The predicted octanol–water partition coefficient (Wildman–Crippen LogP) is 1.97. The van der Waals surface area contributed by atoms with Crippen molar-refractivity contribution in [3.63, 3.8) is 0 Å². The first-order chi connectivity index (χ1) is 9.45. The van der Waals surface area contributed by atoms with Gasteiger partial charge in [-0.05, 0) is 45.0 Å². The van der Waals surface area contributed by atoms with Crippen LogP contribution in [0, 0.1) is 0 Å². The highest BCUT2D eigenvalue weighted by molar-refractivity contribution is 5.95. The highest BCUT2D eigenvalue weighted by atomic mass is 16.2. The Labute approximate surface area is 121 Å². The van der Waals surface area contributed by atoms with Crippen molar-refractivity contribution in [1.29, 1.82) is 0 Å². The van der Waals surface area contributed by atoms with Gasteiger partial charge in [-0.25, -0.2) is 0 Å². The summed E-state index contributed by atoms with van der Waals surface area (Å²) in [6.45, 7) is 3.87. The molecule has 1 fully saturated rings. The number of carbonyl (C=O) groups excluding carboxylic acids is 1. The average molecular weight is 275 g/mol. The quantitative estimate of drug-likeness (QED) is 0.916. The summed E-state index contributed by atoms with van der Waals surface area (Å²) in [4.78, 5) is 16.5. The smallest absolute Gasteiger partial charge is 0.253 e. The van der Waals surface area contributed by atoms with Crippen molar-refractivity contribution in [1.82, 2.24) is 10.2 Å². The van der Waals surface area contributed by atoms with Crippen molar-refractivity contribution in [2.75, 3.05) is 39.1 Å². The summed E-state index contributed by atoms with van der Waals surface area (Å²) in [6.07, 6.45) is 2.01. The third-order valence-corrected chi connectivity index (χ3v) is 4.37. The molecule has 1 aromatic carbocycles. The molecule has 1 saturated heterocycles. The van der Waals surface area contributed by atoms with Crippen LogP contribution in [0.4, 0.5) is 5.69 Å². The first-order valence-corrected chi connectivity index (χ1v) is 7.21. The highest BCUT2D eigenvalue weighted by Crippen LogP contribution is 2.23. The number of hydrogen-bond acceptors (Lipinski definition) is 3. The van der Waals surface area contributed by atoms with Crippen LogP contribution in [0.25, 0.3) is 0 Å². The highest BCUT2D eigenvalue weighted by Gasteiger charge is 2.30. The van der Waals surface area contributed by atoms with Crippen molar-refractivity contribution < 1.29 is 4.79 Å². The molecule has 0 saturated carbocycles. The standard InChI is InChI=1S/C16H25N3O/c1-16(17-2)8-10-19(11-9-16)15(20)13-6-5-7-14(12-13)18(3)4/h5-7,12,17H,8-11H2,1-4H3. The van der Waals surface area contributed by atoms with E-state index >= 15 is 0 Å². The van der Waals surface area contributed by atoms with Crippen molar-refractivity contribution in [2.24, 2.45) is 0 Å². The first-order valence-electron chi connectivity index (χ1n) is 7.21. The molecular formula is C16H25N3O. The van der Waals surface area contributed by atoms with Crippen LogP contribution in [0.3, 0.4) is 0 Å². The maximum Gasteiger partial charge on any atom is 0.253 e. The molecular weight excluding hydrogens is 250 g/mol. The number of likely N-dealkylation sites (tertiary alicyclic amines) is 1. The second-order valence-corrected chi connectivity index (χ2v) is 6.05. The number of anilines is 1. The maximum atomic E-state index is 12.6. The van der Waals surface area contributed by atoms with Gasteiger partial charge in [-0.15, -0.1) is 0 Å². The summed E-state index contributed by atoms with van der Waals surface area (Å²) in [5, 5.41) is 3.36. The van der Waals surface area contributed by atoms with Gasteiger partial charge in [0, 0.05) is 44.0 Å². The van der Waals surface area contributed by atoms with Gasteiger partial charge in [0.1, 0.15) is 0 Å². The number of benzene rings is 1. The minimum Gasteiger partial charge on any atom is -0.378 e. The van der Waals surface area contributed by atoms with Crippen LogP contribution in [-0.4, -0.2) is 50.6 Å². The number of rotatable bonds is 3. The normalized spacial score (nSPS) is 17.9. The third kappa shape index (κ3) is 3.12. The fraction of sp³-hybridized carbons (Fsp3) is 0.562. The molecule has 20 heavy (non-hydrogen) atoms. The van der Waals surface area contributed by atoms with E-state index in [9.17, 15) is 4.79 Å². The van der Waals surface area contributed by atoms with Gasteiger partial charge in [-0.2, -0.15) is 0 Å². The van der Waals surface area contributed by atoms with Crippen molar-refractivity contribution in [3.05, 3.63) is 29.8 Å². The maximum absolute atomic E-state index is 12.6. The van der Waals surface area contributed by atoms with E-state index in [0.29, 0.717) is 0 Å². The Hall–Kier alpha value is -1.55. The van der Waals surface area contributed by atoms with Gasteiger partial charge in [0.25, 0.3) is 5.91 Å². The Morgan fingerprint density at radius 1 is 1.30 bits per heavy atom. The van der Waals surface area contributed by atoms with Crippen molar-refractivity contribution in [2.45, 2.75) is 25.3 Å². The fourth-order valence-corrected chi connectivity index (χ4v) is 2.55. The lowest BCUT2D eigenvalue weighted by Gasteiger charge is -2.39. The summed E-state index contributed by atoms with van der Waals surface area (Å²) in [5.74, 6) is 0.145. The summed E-state index contributed by atoms with van der Waals surface area (Å²) >= 11 is 0. The van der Waals surface area contributed by atoms with E-state index in [0.717, 1.165) is 37.2 Å². The lowest BCUT2D eigenvalue weighted by Crippen LogP contribution is -2.51. The number of piperidine rings is 1. The van der Waals surface area contributed by atoms with E-state index in [4.69, 9.17) is 0 Å². The molecule has 0 bridgehead atoms. The van der Waals surface area contributed by atoms with Gasteiger partial charge in [0.05, 0.1) is 0 Å². The molecule has 0 aromatic heterocycles. The van der Waals surface area contributed by atoms with E-state index in [-0.39, 0.29) is 11.4 Å². The summed E-state index contributed by atoms with van der Waals surface area (Å²) < 4.78 is 0. The number of amides is 1. The van der Waals surface area contributed by atoms with Crippen LogP contribution < -0.4 is 10.2 Å². The third-order valence-electron chi connectivity index (χ3n) is 4.37. The lowest BCUT2D eigenvalue weighted by molar-refractivity contribution is 0.0662. The number of nitrogens with one attached hydrogen (secondary N) is 1. The lowest BCUT2D eigenvalue weighted by atomic mass is 9.89. The average Bonchev–Trinajstić information content (AvgIpc) is 2.47. The Balaban J connectivity index is 2.07. The van der Waals surface area contributed by atoms with E-state index in [1.165, 1.54) is 0 Å². The van der Waals surface area contributed by atoms with Gasteiger partial charge >= 0.3 is 0 Å². The van der Waals surface area contributed by atoms with Crippen LogP contribution in [0.2, 0.25) is 0 Å². The van der Waals surface area contributed by atoms with Gasteiger partial charge in [-0.3, -0.25) is 4.79 Å². The molecule has 2 rings (SSSR count). The fourth-order valence-electron chi connectivity index (χ4n) is 2.55. The molecule has 1 aromatic rings. The summed E-state index contributed by atoms with van der Waals surface area (Å²) in [6, 6.07) is 7.84. The van der Waals surface area contributed by atoms with Gasteiger partial charge in [0.2, 0.25) is 0 Å². The Bertz CT molecular complexity index is 476. The number of carbonyl (C=O) groups is 1. The predicted molar refractivity (Wildman–Crippen MR) is 83.4 cm³/mol. The van der Waals surface area contributed by atoms with Crippen molar-refractivity contribution >= 4 is 11.6 Å². The summed E-state index contributed by atoms with van der Waals surface area (Å²) in [5.41, 5.74) is 2.01. The zero-order valence-electron chi connectivity index (χ0n) is 12.9. The van der Waals surface area contributed by atoms with Crippen LogP contribution in [0.1, 0.15) is 30.1 Å². The zero-order valence-corrected chi connectivity index (χ0v) is 12.9. The molecule has 4 nitrogen and oxygen atoms in total. The second-order valence-electron chi connectivity index (χ2n) is 6.05. The zero-order chi connectivity index (χ0) is 14.8. The minimum absolute atomic E-state index is 0.145. The van der Waals surface area contributed by atoms with Gasteiger partial charge in [0.15, 0.2) is 0 Å². The van der Waals surface area contributed by atoms with Crippen LogP contribution >= 0.6 is 0 Å². The molecule has 4 heteroatoms. The Kier molecular flexibility index (Phi) is 4.33. The monoisotopic (exact) mass is 275 g/mol. The van der Waals surface area contributed by atoms with Crippen LogP contribution in [0.15, 0.2) is 24.3 Å². The molecule has 0 spiro atoms. The van der Waals surface area contributed by atoms with Crippen LogP contribution in [-0.2, 0) is 0 Å². The molecule has 1 heterocycles. The Morgan fingerprint density at radius 2 is 1.95 bits per heavy atom. The summed E-state index contributed by atoms with van der Waals surface area (Å²) in [7, 11) is 5.98. The van der Waals surface area contributed by atoms with Gasteiger partial charge in [-0.1, -0.05) is 6.07 Å². The largest absolute Gasteiger partial charge is 0.378 e. The molecule has 0 aliphatic carbocycles. The van der Waals surface area contributed by atoms with E-state index < -0.39 is 0 Å². The topological polar surface area (TPSA) is 35.6 Å². The molecule has 1 aliphatic heterocycles. The molecule has 0 radical (unpaired) electrons. The molecule has 0 unspecified atom stereocenters. The van der Waals surface area contributed by atoms with Crippen LogP contribution in [0.5, 0.6) is 0 Å². The molecule has 1 N–H and O–H groups in total. The minimum atomic E-state index is 0.145. The number of nitrogens with zero attached hydrogens (tertiary/aromatic N) is 2. The number of hydrogen-bond donors (Lipinski definition) is 1. The SMILES string of the molecule is CNC1(C)CCN(C(=O)c2cccc(N(C)C)c2)CC1.